The molecule has 0 fully saturated rings. The number of anilines is 1. The lowest BCUT2D eigenvalue weighted by Crippen LogP contribution is -2.41. The Balaban J connectivity index is 1.86. The third-order valence-corrected chi connectivity index (χ3v) is 7.20. The van der Waals surface area contributed by atoms with E-state index in [-0.39, 0.29) is 23.4 Å². The van der Waals surface area contributed by atoms with Gasteiger partial charge in [-0.05, 0) is 78.4 Å². The lowest BCUT2D eigenvalue weighted by molar-refractivity contribution is -0.120. The zero-order chi connectivity index (χ0) is 21.7. The summed E-state index contributed by atoms with van der Waals surface area (Å²) in [5.41, 5.74) is 2.54. The average molecular weight is 534 g/mol. The maximum Gasteiger partial charge on any atom is 0.264 e. The van der Waals surface area contributed by atoms with Crippen molar-refractivity contribution in [3.63, 3.8) is 0 Å². The van der Waals surface area contributed by atoms with Crippen molar-refractivity contribution in [1.29, 1.82) is 0 Å². The van der Waals surface area contributed by atoms with Crippen molar-refractivity contribution in [3.8, 4) is 0 Å². The minimum Gasteiger partial charge on any atom is -0.348 e. The summed E-state index contributed by atoms with van der Waals surface area (Å²) in [5, 5.41) is 2.90. The van der Waals surface area contributed by atoms with Gasteiger partial charge in [0.15, 0.2) is 0 Å². The van der Waals surface area contributed by atoms with E-state index in [0.29, 0.717) is 5.69 Å². The second-order valence-corrected chi connectivity index (χ2v) is 10.1. The zero-order valence-electron chi connectivity index (χ0n) is 16.7. The van der Waals surface area contributed by atoms with Crippen molar-refractivity contribution < 1.29 is 13.2 Å². The Labute approximate surface area is 191 Å². The number of halogens is 1. The minimum atomic E-state index is -3.90. The van der Waals surface area contributed by atoms with Crippen LogP contribution in [0.3, 0.4) is 0 Å². The molecular weight excluding hydrogens is 511 g/mol. The van der Waals surface area contributed by atoms with Gasteiger partial charge in [0.25, 0.3) is 10.0 Å². The number of carbonyl (C=O) groups excluding carboxylic acids is 1. The van der Waals surface area contributed by atoms with E-state index in [2.05, 4.69) is 27.9 Å². The number of aryl methyl sites for hydroxylation is 1. The number of nitrogens with one attached hydrogen (secondary N) is 1. The van der Waals surface area contributed by atoms with E-state index in [9.17, 15) is 13.2 Å². The van der Waals surface area contributed by atoms with Crippen LogP contribution in [0.5, 0.6) is 0 Å². The number of hydrogen-bond acceptors (Lipinski definition) is 3. The van der Waals surface area contributed by atoms with Gasteiger partial charge in [-0.2, -0.15) is 0 Å². The molecule has 0 radical (unpaired) electrons. The summed E-state index contributed by atoms with van der Waals surface area (Å²) >= 11 is 2.16. The van der Waals surface area contributed by atoms with Crippen LogP contribution in [-0.2, 0) is 14.8 Å². The van der Waals surface area contributed by atoms with Crippen LogP contribution in [0.4, 0.5) is 5.69 Å². The highest BCUT2D eigenvalue weighted by Crippen LogP contribution is 2.24. The van der Waals surface area contributed by atoms with E-state index >= 15 is 0 Å². The van der Waals surface area contributed by atoms with Crippen LogP contribution < -0.4 is 9.62 Å². The minimum absolute atomic E-state index is 0.142. The van der Waals surface area contributed by atoms with Crippen molar-refractivity contribution in [3.05, 3.63) is 93.6 Å². The first-order valence-corrected chi connectivity index (χ1v) is 12.0. The molecule has 1 atom stereocenters. The standard InChI is InChI=1S/C23H23IN2O3S/c1-17-8-10-19(11-9-17)18(2)25-23(27)16-26(21-14-12-20(24)13-15-21)30(28,29)22-6-4-3-5-7-22/h3-15,18H,16H2,1-2H3,(H,25,27)/t18-/m0/s1. The van der Waals surface area contributed by atoms with E-state index in [1.54, 1.807) is 30.3 Å². The molecule has 1 amide bonds. The van der Waals surface area contributed by atoms with Crippen molar-refractivity contribution in [1.82, 2.24) is 5.32 Å². The van der Waals surface area contributed by atoms with E-state index in [0.717, 1.165) is 19.0 Å². The molecule has 0 saturated heterocycles. The third kappa shape index (κ3) is 5.40. The van der Waals surface area contributed by atoms with Crippen molar-refractivity contribution in [2.75, 3.05) is 10.8 Å². The van der Waals surface area contributed by atoms with Gasteiger partial charge < -0.3 is 5.32 Å². The number of rotatable bonds is 7. The number of carbonyl (C=O) groups is 1. The van der Waals surface area contributed by atoms with Gasteiger partial charge in [-0.15, -0.1) is 0 Å². The molecule has 156 valence electrons. The number of hydrogen-bond donors (Lipinski definition) is 1. The van der Waals surface area contributed by atoms with Crippen LogP contribution in [0.15, 0.2) is 83.8 Å². The van der Waals surface area contributed by atoms with Crippen molar-refractivity contribution >= 4 is 44.2 Å². The molecule has 1 N–H and O–H groups in total. The lowest BCUT2D eigenvalue weighted by Gasteiger charge is -2.25. The molecule has 3 aromatic carbocycles. The third-order valence-electron chi connectivity index (χ3n) is 4.69. The summed E-state index contributed by atoms with van der Waals surface area (Å²) in [6.45, 7) is 3.57. The Morgan fingerprint density at radius 2 is 1.57 bits per heavy atom. The summed E-state index contributed by atoms with van der Waals surface area (Å²) in [6, 6.07) is 22.8. The van der Waals surface area contributed by atoms with Gasteiger partial charge >= 0.3 is 0 Å². The molecule has 0 aliphatic rings. The highest BCUT2D eigenvalue weighted by atomic mass is 127. The summed E-state index contributed by atoms with van der Waals surface area (Å²) in [7, 11) is -3.90. The predicted octanol–water partition coefficient (Wildman–Crippen LogP) is 4.67. The second-order valence-electron chi connectivity index (χ2n) is 7.00. The zero-order valence-corrected chi connectivity index (χ0v) is 19.7. The van der Waals surface area contributed by atoms with Gasteiger partial charge in [0.2, 0.25) is 5.91 Å². The monoisotopic (exact) mass is 534 g/mol. The summed E-state index contributed by atoms with van der Waals surface area (Å²) in [4.78, 5) is 12.9. The molecule has 0 bridgehead atoms. The quantitative estimate of drug-likeness (QED) is 0.448. The molecule has 30 heavy (non-hydrogen) atoms. The van der Waals surface area contributed by atoms with Crippen LogP contribution in [0, 0.1) is 10.5 Å². The summed E-state index contributed by atoms with van der Waals surface area (Å²) in [5.74, 6) is -0.374. The lowest BCUT2D eigenvalue weighted by atomic mass is 10.1. The number of nitrogens with zero attached hydrogens (tertiary/aromatic N) is 1. The molecule has 3 rings (SSSR count). The first-order chi connectivity index (χ1) is 14.3. The van der Waals surface area contributed by atoms with E-state index in [1.807, 2.05) is 50.2 Å². The van der Waals surface area contributed by atoms with Crippen LogP contribution in [-0.4, -0.2) is 20.9 Å². The molecule has 3 aromatic rings. The Kier molecular flexibility index (Phi) is 7.14. The topological polar surface area (TPSA) is 66.5 Å². The van der Waals surface area contributed by atoms with E-state index in [1.165, 1.54) is 12.1 Å². The molecule has 0 aliphatic heterocycles. The van der Waals surface area contributed by atoms with Crippen molar-refractivity contribution in [2.24, 2.45) is 0 Å². The molecule has 0 unspecified atom stereocenters. The maximum absolute atomic E-state index is 13.3. The highest BCUT2D eigenvalue weighted by molar-refractivity contribution is 14.1. The molecule has 0 aromatic heterocycles. The fourth-order valence-electron chi connectivity index (χ4n) is 3.00. The van der Waals surface area contributed by atoms with Gasteiger partial charge in [-0.25, -0.2) is 8.42 Å². The van der Waals surface area contributed by atoms with Gasteiger partial charge in [-0.3, -0.25) is 9.10 Å². The summed E-state index contributed by atoms with van der Waals surface area (Å²) in [6.07, 6.45) is 0. The smallest absolute Gasteiger partial charge is 0.264 e. The Hall–Kier alpha value is -2.39. The first kappa shape index (κ1) is 22.3. The van der Waals surface area contributed by atoms with Crippen LogP contribution >= 0.6 is 22.6 Å². The molecule has 0 heterocycles. The van der Waals surface area contributed by atoms with Gasteiger partial charge in [0, 0.05) is 3.57 Å². The van der Waals surface area contributed by atoms with Crippen LogP contribution in [0.2, 0.25) is 0 Å². The molecular formula is C23H23IN2O3S. The SMILES string of the molecule is Cc1ccc([C@H](C)NC(=O)CN(c2ccc(I)cc2)S(=O)(=O)c2ccccc2)cc1. The largest absolute Gasteiger partial charge is 0.348 e. The van der Waals surface area contributed by atoms with Crippen LogP contribution in [0.1, 0.15) is 24.1 Å². The molecule has 0 spiro atoms. The highest BCUT2D eigenvalue weighted by Gasteiger charge is 2.27. The number of benzene rings is 3. The van der Waals surface area contributed by atoms with Gasteiger partial charge in [-0.1, -0.05) is 48.0 Å². The Morgan fingerprint density at radius 3 is 2.17 bits per heavy atom. The fourth-order valence-corrected chi connectivity index (χ4v) is 4.80. The maximum atomic E-state index is 13.3. The number of sulfonamides is 1. The van der Waals surface area contributed by atoms with Gasteiger partial charge in [0.1, 0.15) is 6.54 Å². The van der Waals surface area contributed by atoms with E-state index in [4.69, 9.17) is 0 Å². The molecule has 0 aliphatic carbocycles. The normalized spacial score (nSPS) is 12.2. The van der Waals surface area contributed by atoms with E-state index < -0.39 is 10.0 Å². The van der Waals surface area contributed by atoms with Crippen LogP contribution in [0.25, 0.3) is 0 Å². The first-order valence-electron chi connectivity index (χ1n) is 9.46. The average Bonchev–Trinajstić information content (AvgIpc) is 2.74. The number of amides is 1. The summed E-state index contributed by atoms with van der Waals surface area (Å²) < 4.78 is 28.7. The second kappa shape index (κ2) is 9.61. The van der Waals surface area contributed by atoms with Crippen molar-refractivity contribution in [2.45, 2.75) is 24.8 Å². The molecule has 0 saturated carbocycles. The Morgan fingerprint density at radius 1 is 0.967 bits per heavy atom. The predicted molar refractivity (Wildman–Crippen MR) is 128 cm³/mol. The Bertz CT molecular complexity index is 1100. The molecule has 7 heteroatoms. The molecule has 5 nitrogen and oxygen atoms in total. The fraction of sp³-hybridized carbons (Fsp3) is 0.174. The van der Waals surface area contributed by atoms with Gasteiger partial charge in [0.05, 0.1) is 16.6 Å².